The Morgan fingerprint density at radius 3 is 1.95 bits per heavy atom. The molecule has 0 bridgehead atoms. The molecular weight excluding hydrogens is 478 g/mol. The lowest BCUT2D eigenvalue weighted by Crippen LogP contribution is -2.27. The predicted molar refractivity (Wildman–Crippen MR) is 145 cm³/mol. The third-order valence-corrected chi connectivity index (χ3v) is 6.77. The number of aliphatic carboxylic acids is 1. The summed E-state index contributed by atoms with van der Waals surface area (Å²) in [6.07, 6.45) is 2.87. The molecule has 3 aromatic carbocycles. The molecule has 6 heteroatoms. The van der Waals surface area contributed by atoms with E-state index < -0.39 is 5.97 Å². The minimum atomic E-state index is -0.705. The van der Waals surface area contributed by atoms with Crippen molar-refractivity contribution in [3.8, 4) is 28.6 Å². The first-order valence-corrected chi connectivity index (χ1v) is 13.0. The van der Waals surface area contributed by atoms with Crippen molar-refractivity contribution in [1.82, 2.24) is 4.98 Å². The number of pyridine rings is 1. The molecule has 1 aliphatic carbocycles. The van der Waals surface area contributed by atoms with Crippen molar-refractivity contribution in [2.75, 3.05) is 0 Å². The SMILES string of the molecule is O=C(O)C1CCC(Oc2ccc(-c3ccc(OCc4ccccc4)nc3OCc3ccccc3)cc2)CC1. The molecule has 0 atom stereocenters. The number of hydrogen-bond acceptors (Lipinski definition) is 5. The van der Waals surface area contributed by atoms with Gasteiger partial charge in [-0.1, -0.05) is 72.8 Å². The maximum absolute atomic E-state index is 11.2. The van der Waals surface area contributed by atoms with Gasteiger partial charge in [0.05, 0.1) is 12.0 Å². The van der Waals surface area contributed by atoms with Gasteiger partial charge in [-0.25, -0.2) is 0 Å². The highest BCUT2D eigenvalue weighted by Crippen LogP contribution is 2.33. The number of ether oxygens (including phenoxy) is 3. The fourth-order valence-electron chi connectivity index (χ4n) is 4.62. The van der Waals surface area contributed by atoms with Gasteiger partial charge < -0.3 is 19.3 Å². The van der Waals surface area contributed by atoms with Crippen molar-refractivity contribution in [2.24, 2.45) is 5.92 Å². The van der Waals surface area contributed by atoms with E-state index in [1.807, 2.05) is 97.1 Å². The average Bonchev–Trinajstić information content (AvgIpc) is 2.97. The van der Waals surface area contributed by atoms with E-state index in [4.69, 9.17) is 19.2 Å². The van der Waals surface area contributed by atoms with Crippen LogP contribution < -0.4 is 14.2 Å². The van der Waals surface area contributed by atoms with Crippen molar-refractivity contribution in [2.45, 2.75) is 45.0 Å². The Morgan fingerprint density at radius 1 is 0.737 bits per heavy atom. The molecule has 4 aromatic rings. The zero-order chi connectivity index (χ0) is 26.2. The number of benzene rings is 3. The van der Waals surface area contributed by atoms with Crippen LogP contribution in [0.15, 0.2) is 97.1 Å². The van der Waals surface area contributed by atoms with Crippen molar-refractivity contribution < 1.29 is 24.1 Å². The molecule has 1 heterocycles. The standard InChI is InChI=1S/C32H31NO5/c34-32(35)26-13-17-28(18-14-26)38-27-15-11-25(12-16-27)29-19-20-30(36-21-23-7-3-1-4-8-23)33-31(29)37-22-24-9-5-2-6-10-24/h1-12,15-16,19-20,26,28H,13-14,17-18,21-22H2,(H,34,35). The molecule has 38 heavy (non-hydrogen) atoms. The van der Waals surface area contributed by atoms with Gasteiger partial charge in [0.1, 0.15) is 19.0 Å². The molecule has 0 amide bonds. The fourth-order valence-corrected chi connectivity index (χ4v) is 4.62. The summed E-state index contributed by atoms with van der Waals surface area (Å²) < 4.78 is 18.3. The maximum atomic E-state index is 11.2. The molecule has 0 unspecified atom stereocenters. The molecule has 1 aromatic heterocycles. The molecule has 194 valence electrons. The summed E-state index contributed by atoms with van der Waals surface area (Å²) in [7, 11) is 0. The predicted octanol–water partition coefficient (Wildman–Crippen LogP) is 6.93. The van der Waals surface area contributed by atoms with Gasteiger partial charge in [-0.15, -0.1) is 0 Å². The second kappa shape index (κ2) is 12.3. The van der Waals surface area contributed by atoms with Crippen LogP contribution in [0, 0.1) is 5.92 Å². The molecule has 0 saturated heterocycles. The van der Waals surface area contributed by atoms with E-state index in [2.05, 4.69) is 0 Å². The van der Waals surface area contributed by atoms with Crippen LogP contribution in [0.5, 0.6) is 17.5 Å². The topological polar surface area (TPSA) is 77.9 Å². The van der Waals surface area contributed by atoms with E-state index in [1.54, 1.807) is 0 Å². The fraction of sp³-hybridized carbons (Fsp3) is 0.250. The van der Waals surface area contributed by atoms with Gasteiger partial charge in [-0.3, -0.25) is 4.79 Å². The van der Waals surface area contributed by atoms with Gasteiger partial charge in [-0.2, -0.15) is 4.98 Å². The number of hydrogen-bond donors (Lipinski definition) is 1. The molecule has 1 saturated carbocycles. The van der Waals surface area contributed by atoms with E-state index in [-0.39, 0.29) is 12.0 Å². The van der Waals surface area contributed by atoms with E-state index in [1.165, 1.54) is 0 Å². The lowest BCUT2D eigenvalue weighted by Gasteiger charge is -2.26. The summed E-state index contributed by atoms with van der Waals surface area (Å²) >= 11 is 0. The molecular formula is C32H31NO5. The number of aromatic nitrogens is 1. The van der Waals surface area contributed by atoms with Gasteiger partial charge in [0, 0.05) is 11.6 Å². The maximum Gasteiger partial charge on any atom is 0.306 e. The van der Waals surface area contributed by atoms with Crippen LogP contribution in [-0.2, 0) is 18.0 Å². The van der Waals surface area contributed by atoms with Crippen molar-refractivity contribution in [3.05, 3.63) is 108 Å². The number of carboxylic acids is 1. The zero-order valence-corrected chi connectivity index (χ0v) is 21.2. The second-order valence-corrected chi connectivity index (χ2v) is 9.50. The number of rotatable bonds is 10. The first kappa shape index (κ1) is 25.3. The monoisotopic (exact) mass is 509 g/mol. The average molecular weight is 510 g/mol. The smallest absolute Gasteiger partial charge is 0.306 e. The van der Waals surface area contributed by atoms with Crippen LogP contribution in [0.4, 0.5) is 0 Å². The van der Waals surface area contributed by atoms with E-state index in [0.29, 0.717) is 37.8 Å². The number of nitrogens with zero attached hydrogens (tertiary/aromatic N) is 1. The van der Waals surface area contributed by atoms with Crippen molar-refractivity contribution >= 4 is 5.97 Å². The summed E-state index contributed by atoms with van der Waals surface area (Å²) in [5.74, 6) is 0.814. The molecule has 1 N–H and O–H groups in total. The van der Waals surface area contributed by atoms with Crippen LogP contribution in [0.2, 0.25) is 0 Å². The molecule has 1 fully saturated rings. The van der Waals surface area contributed by atoms with Gasteiger partial charge in [0.25, 0.3) is 0 Å². The molecule has 1 aliphatic rings. The quantitative estimate of drug-likeness (QED) is 0.250. The molecule has 5 rings (SSSR count). The third kappa shape index (κ3) is 6.71. The highest BCUT2D eigenvalue weighted by atomic mass is 16.5. The lowest BCUT2D eigenvalue weighted by molar-refractivity contribution is -0.143. The van der Waals surface area contributed by atoms with Crippen LogP contribution in [0.1, 0.15) is 36.8 Å². The molecule has 0 radical (unpaired) electrons. The summed E-state index contributed by atoms with van der Waals surface area (Å²) in [5, 5.41) is 9.21. The van der Waals surface area contributed by atoms with E-state index in [9.17, 15) is 9.90 Å². The zero-order valence-electron chi connectivity index (χ0n) is 21.2. The molecule has 0 spiro atoms. The second-order valence-electron chi connectivity index (χ2n) is 9.50. The van der Waals surface area contributed by atoms with Crippen molar-refractivity contribution in [1.29, 1.82) is 0 Å². The number of carbonyl (C=O) groups is 1. The third-order valence-electron chi connectivity index (χ3n) is 6.77. The van der Waals surface area contributed by atoms with Crippen LogP contribution in [-0.4, -0.2) is 22.2 Å². The Balaban J connectivity index is 1.30. The summed E-state index contributed by atoms with van der Waals surface area (Å²) in [5.41, 5.74) is 3.94. The van der Waals surface area contributed by atoms with E-state index >= 15 is 0 Å². The molecule has 6 nitrogen and oxygen atoms in total. The van der Waals surface area contributed by atoms with Crippen LogP contribution in [0.3, 0.4) is 0 Å². The largest absolute Gasteiger partial charge is 0.490 e. The summed E-state index contributed by atoms with van der Waals surface area (Å²) in [6.45, 7) is 0.814. The van der Waals surface area contributed by atoms with Gasteiger partial charge >= 0.3 is 5.97 Å². The summed E-state index contributed by atoms with van der Waals surface area (Å²) in [6, 6.07) is 31.7. The Bertz CT molecular complexity index is 1320. The Hall–Kier alpha value is -4.32. The first-order chi connectivity index (χ1) is 18.6. The Kier molecular flexibility index (Phi) is 8.19. The van der Waals surface area contributed by atoms with Crippen molar-refractivity contribution in [3.63, 3.8) is 0 Å². The van der Waals surface area contributed by atoms with E-state index in [0.717, 1.165) is 40.8 Å². The van der Waals surface area contributed by atoms with Gasteiger partial charge in [0.15, 0.2) is 0 Å². The normalized spacial score (nSPS) is 16.9. The Labute approximate surface area is 222 Å². The van der Waals surface area contributed by atoms with Gasteiger partial charge in [0.2, 0.25) is 11.8 Å². The minimum Gasteiger partial charge on any atom is -0.490 e. The van der Waals surface area contributed by atoms with Crippen LogP contribution in [0.25, 0.3) is 11.1 Å². The highest BCUT2D eigenvalue weighted by Gasteiger charge is 2.27. The lowest BCUT2D eigenvalue weighted by atomic mass is 9.87. The summed E-state index contributed by atoms with van der Waals surface area (Å²) in [4.78, 5) is 15.9. The Morgan fingerprint density at radius 2 is 1.34 bits per heavy atom. The van der Waals surface area contributed by atoms with Gasteiger partial charge in [-0.05, 0) is 60.6 Å². The highest BCUT2D eigenvalue weighted by molar-refractivity contribution is 5.70. The molecule has 0 aliphatic heterocycles. The van der Waals surface area contributed by atoms with Crippen LogP contribution >= 0.6 is 0 Å². The number of carboxylic acid groups (broad SMARTS) is 1. The first-order valence-electron chi connectivity index (χ1n) is 13.0. The minimum absolute atomic E-state index is 0.0453.